The third-order valence-corrected chi connectivity index (χ3v) is 4.65. The predicted octanol–water partition coefficient (Wildman–Crippen LogP) is 5.51. The van der Waals surface area contributed by atoms with E-state index in [2.05, 4.69) is 26.1 Å². The molecule has 1 N–H and O–H groups in total. The van der Waals surface area contributed by atoms with Crippen molar-refractivity contribution in [3.8, 4) is 0 Å². The van der Waals surface area contributed by atoms with E-state index >= 15 is 0 Å². The van der Waals surface area contributed by atoms with E-state index < -0.39 is 0 Å². The summed E-state index contributed by atoms with van der Waals surface area (Å²) < 4.78 is 0. The van der Waals surface area contributed by atoms with E-state index in [1.54, 1.807) is 0 Å². The number of rotatable bonds is 13. The zero-order valence-corrected chi connectivity index (χ0v) is 13.6. The van der Waals surface area contributed by atoms with Crippen molar-refractivity contribution >= 4 is 11.6 Å². The van der Waals surface area contributed by atoms with Gasteiger partial charge in [0.1, 0.15) is 0 Å². The standard InChI is InChI=1S/C16H34ClN/c1-4-7-8-9-10-11-12-13-14-18-16(5-2,6-3)15-17/h18H,4-15H2,1-3H3. The van der Waals surface area contributed by atoms with Gasteiger partial charge in [-0.3, -0.25) is 0 Å². The Morgan fingerprint density at radius 2 is 1.28 bits per heavy atom. The van der Waals surface area contributed by atoms with E-state index in [0.717, 1.165) is 25.3 Å². The molecule has 0 saturated heterocycles. The molecule has 110 valence electrons. The van der Waals surface area contributed by atoms with Gasteiger partial charge in [-0.25, -0.2) is 0 Å². The lowest BCUT2D eigenvalue weighted by Crippen LogP contribution is -2.46. The molecule has 0 fully saturated rings. The quantitative estimate of drug-likeness (QED) is 0.345. The lowest BCUT2D eigenvalue weighted by atomic mass is 9.95. The summed E-state index contributed by atoms with van der Waals surface area (Å²) in [6.07, 6.45) is 13.4. The molecule has 0 radical (unpaired) electrons. The van der Waals surface area contributed by atoms with Gasteiger partial charge in [0, 0.05) is 11.4 Å². The fraction of sp³-hybridized carbons (Fsp3) is 1.00. The molecule has 0 aliphatic carbocycles. The molecule has 0 atom stereocenters. The number of hydrogen-bond acceptors (Lipinski definition) is 1. The zero-order chi connectivity index (χ0) is 13.7. The summed E-state index contributed by atoms with van der Waals surface area (Å²) in [6, 6.07) is 0. The molecular formula is C16H34ClN. The molecule has 0 amide bonds. The summed E-state index contributed by atoms with van der Waals surface area (Å²) in [5.41, 5.74) is 0.183. The Morgan fingerprint density at radius 3 is 1.72 bits per heavy atom. The van der Waals surface area contributed by atoms with Gasteiger partial charge in [-0.1, -0.05) is 65.7 Å². The zero-order valence-electron chi connectivity index (χ0n) is 12.9. The molecule has 0 aromatic heterocycles. The van der Waals surface area contributed by atoms with E-state index in [9.17, 15) is 0 Å². The van der Waals surface area contributed by atoms with Crippen molar-refractivity contribution in [2.24, 2.45) is 0 Å². The van der Waals surface area contributed by atoms with Crippen molar-refractivity contribution in [2.45, 2.75) is 90.5 Å². The summed E-state index contributed by atoms with van der Waals surface area (Å²) in [5.74, 6) is 0.733. The van der Waals surface area contributed by atoms with Crippen LogP contribution in [0.4, 0.5) is 0 Å². The maximum atomic E-state index is 6.07. The SMILES string of the molecule is CCCCCCCCCCNC(CC)(CC)CCl. The number of alkyl halides is 1. The topological polar surface area (TPSA) is 12.0 Å². The van der Waals surface area contributed by atoms with Crippen LogP contribution in [0.25, 0.3) is 0 Å². The third-order valence-electron chi connectivity index (χ3n) is 4.14. The van der Waals surface area contributed by atoms with Gasteiger partial charge in [0.15, 0.2) is 0 Å². The van der Waals surface area contributed by atoms with Gasteiger partial charge in [-0.2, -0.15) is 0 Å². The molecule has 0 aromatic rings. The summed E-state index contributed by atoms with van der Waals surface area (Å²) in [7, 11) is 0. The van der Waals surface area contributed by atoms with Crippen LogP contribution in [-0.2, 0) is 0 Å². The van der Waals surface area contributed by atoms with E-state index in [-0.39, 0.29) is 5.54 Å². The highest BCUT2D eigenvalue weighted by atomic mass is 35.5. The maximum Gasteiger partial charge on any atom is 0.0405 e. The van der Waals surface area contributed by atoms with Crippen LogP contribution in [-0.4, -0.2) is 18.0 Å². The van der Waals surface area contributed by atoms with Crippen LogP contribution in [0.3, 0.4) is 0 Å². The first-order valence-corrected chi connectivity index (χ1v) is 8.59. The van der Waals surface area contributed by atoms with Crippen LogP contribution >= 0.6 is 11.6 Å². The molecule has 0 rings (SSSR count). The highest BCUT2D eigenvalue weighted by Gasteiger charge is 2.23. The number of halogens is 1. The first-order valence-electron chi connectivity index (χ1n) is 8.05. The van der Waals surface area contributed by atoms with Gasteiger partial charge in [0.05, 0.1) is 0 Å². The van der Waals surface area contributed by atoms with Crippen LogP contribution < -0.4 is 5.32 Å². The minimum atomic E-state index is 0.183. The monoisotopic (exact) mass is 275 g/mol. The molecule has 0 aliphatic heterocycles. The second-order valence-corrected chi connectivity index (χ2v) is 5.79. The van der Waals surface area contributed by atoms with Crippen molar-refractivity contribution in [1.29, 1.82) is 0 Å². The first-order chi connectivity index (χ1) is 8.74. The molecule has 2 heteroatoms. The molecule has 0 unspecified atom stereocenters. The average molecular weight is 276 g/mol. The molecular weight excluding hydrogens is 242 g/mol. The van der Waals surface area contributed by atoms with Crippen molar-refractivity contribution < 1.29 is 0 Å². The Balaban J connectivity index is 3.38. The van der Waals surface area contributed by atoms with Gasteiger partial charge in [0.25, 0.3) is 0 Å². The second-order valence-electron chi connectivity index (χ2n) is 5.52. The molecule has 0 saturated carbocycles. The molecule has 18 heavy (non-hydrogen) atoms. The Labute approximate surface area is 120 Å². The summed E-state index contributed by atoms with van der Waals surface area (Å²) >= 11 is 6.07. The van der Waals surface area contributed by atoms with Crippen LogP contribution in [0, 0.1) is 0 Å². The Morgan fingerprint density at radius 1 is 0.778 bits per heavy atom. The molecule has 0 spiro atoms. The molecule has 0 heterocycles. The van der Waals surface area contributed by atoms with Crippen LogP contribution in [0.2, 0.25) is 0 Å². The first kappa shape index (κ1) is 18.2. The Kier molecular flexibility index (Phi) is 12.5. The van der Waals surface area contributed by atoms with Crippen molar-refractivity contribution in [1.82, 2.24) is 5.32 Å². The van der Waals surface area contributed by atoms with E-state index in [1.165, 1.54) is 51.4 Å². The van der Waals surface area contributed by atoms with Crippen molar-refractivity contribution in [2.75, 3.05) is 12.4 Å². The van der Waals surface area contributed by atoms with Crippen molar-refractivity contribution in [3.63, 3.8) is 0 Å². The minimum Gasteiger partial charge on any atom is -0.310 e. The van der Waals surface area contributed by atoms with Gasteiger partial charge in [0.2, 0.25) is 0 Å². The lowest BCUT2D eigenvalue weighted by Gasteiger charge is -2.30. The largest absolute Gasteiger partial charge is 0.310 e. The number of nitrogens with one attached hydrogen (secondary N) is 1. The fourth-order valence-electron chi connectivity index (χ4n) is 2.35. The fourth-order valence-corrected chi connectivity index (χ4v) is 2.82. The van der Waals surface area contributed by atoms with Crippen LogP contribution in [0.1, 0.15) is 85.0 Å². The Bertz CT molecular complexity index is 158. The van der Waals surface area contributed by atoms with E-state index in [4.69, 9.17) is 11.6 Å². The summed E-state index contributed by atoms with van der Waals surface area (Å²) in [5, 5.41) is 3.66. The van der Waals surface area contributed by atoms with Crippen LogP contribution in [0.15, 0.2) is 0 Å². The number of unbranched alkanes of at least 4 members (excludes halogenated alkanes) is 7. The second kappa shape index (κ2) is 12.3. The summed E-state index contributed by atoms with van der Waals surface area (Å²) in [4.78, 5) is 0. The average Bonchev–Trinajstić information content (AvgIpc) is 2.42. The Hall–Kier alpha value is 0.250. The van der Waals surface area contributed by atoms with Gasteiger partial charge < -0.3 is 5.32 Å². The highest BCUT2D eigenvalue weighted by molar-refractivity contribution is 6.18. The molecule has 0 bridgehead atoms. The predicted molar refractivity (Wildman–Crippen MR) is 84.6 cm³/mol. The van der Waals surface area contributed by atoms with Crippen LogP contribution in [0.5, 0.6) is 0 Å². The molecule has 1 nitrogen and oxygen atoms in total. The van der Waals surface area contributed by atoms with Gasteiger partial charge >= 0.3 is 0 Å². The van der Waals surface area contributed by atoms with Gasteiger partial charge in [-0.05, 0) is 25.8 Å². The molecule has 0 aliphatic rings. The van der Waals surface area contributed by atoms with Crippen molar-refractivity contribution in [3.05, 3.63) is 0 Å². The minimum absolute atomic E-state index is 0.183. The highest BCUT2D eigenvalue weighted by Crippen LogP contribution is 2.17. The maximum absolute atomic E-state index is 6.07. The molecule has 0 aromatic carbocycles. The smallest absolute Gasteiger partial charge is 0.0405 e. The van der Waals surface area contributed by atoms with E-state index in [1.807, 2.05) is 0 Å². The third kappa shape index (κ3) is 8.37. The lowest BCUT2D eigenvalue weighted by molar-refractivity contribution is 0.332. The van der Waals surface area contributed by atoms with E-state index in [0.29, 0.717) is 0 Å². The normalized spacial score (nSPS) is 12.0. The summed E-state index contributed by atoms with van der Waals surface area (Å²) in [6.45, 7) is 7.86. The van der Waals surface area contributed by atoms with Gasteiger partial charge in [-0.15, -0.1) is 11.6 Å². The number of hydrogen-bond donors (Lipinski definition) is 1.